The number of alkyl halides is 7. The van der Waals surface area contributed by atoms with Crippen LogP contribution in [0.3, 0.4) is 0 Å². The number of benzene rings is 1. The number of hydrogen-bond donors (Lipinski definition) is 0. The molecule has 1 aromatic carbocycles. The van der Waals surface area contributed by atoms with Crippen molar-refractivity contribution in [2.75, 3.05) is 0 Å². The zero-order chi connectivity index (χ0) is 12.6. The van der Waals surface area contributed by atoms with Crippen molar-refractivity contribution < 1.29 is 22.0 Å². The Morgan fingerprint density at radius 2 is 1.62 bits per heavy atom. The largest absolute Gasteiger partial charge is 0.416 e. The van der Waals surface area contributed by atoms with Gasteiger partial charge in [-0.1, -0.05) is 18.2 Å². The van der Waals surface area contributed by atoms with Crippen LogP contribution in [0.2, 0.25) is 0 Å². The molecule has 16 heavy (non-hydrogen) atoms. The summed E-state index contributed by atoms with van der Waals surface area (Å²) in [6.45, 7) is 0. The molecule has 0 fully saturated rings. The molecule has 0 aliphatic rings. The summed E-state index contributed by atoms with van der Waals surface area (Å²) in [5, 5.41) is -5.80. The quantitative estimate of drug-likeness (QED) is 0.538. The smallest absolute Gasteiger partial charge is 0.186 e. The Balaban J connectivity index is 3.09. The third-order valence-electron chi connectivity index (χ3n) is 1.79. The van der Waals surface area contributed by atoms with Crippen molar-refractivity contribution in [2.24, 2.45) is 0 Å². The van der Waals surface area contributed by atoms with Crippen LogP contribution in [0, 0.1) is 0 Å². The molecule has 0 saturated heterocycles. The maximum atomic E-state index is 12.6. The Hall–Kier alpha value is -0.550. The van der Waals surface area contributed by atoms with Crippen molar-refractivity contribution in [3.05, 3.63) is 35.4 Å². The molecule has 0 saturated carbocycles. The molecule has 1 rings (SSSR count). The molecule has 1 unspecified atom stereocenters. The monoisotopic (exact) mass is 278 g/mol. The fraction of sp³-hybridized carbons (Fsp3) is 0.333. The van der Waals surface area contributed by atoms with Crippen LogP contribution in [0.15, 0.2) is 24.3 Å². The summed E-state index contributed by atoms with van der Waals surface area (Å²) in [7, 11) is 0. The van der Waals surface area contributed by atoms with E-state index in [0.29, 0.717) is 6.07 Å². The summed E-state index contributed by atoms with van der Waals surface area (Å²) < 4.78 is 62.0. The first-order valence-corrected chi connectivity index (χ1v) is 4.82. The van der Waals surface area contributed by atoms with Gasteiger partial charge in [-0.15, -0.1) is 11.6 Å². The van der Waals surface area contributed by atoms with E-state index >= 15 is 0 Å². The van der Waals surface area contributed by atoms with Crippen LogP contribution in [0.25, 0.3) is 0 Å². The molecule has 0 aliphatic carbocycles. The molecule has 0 amide bonds. The second kappa shape index (κ2) is 4.37. The summed E-state index contributed by atoms with van der Waals surface area (Å²) >= 11 is 9.89. The fourth-order valence-corrected chi connectivity index (χ4v) is 1.32. The Kier molecular flexibility index (Phi) is 3.69. The summed E-state index contributed by atoms with van der Waals surface area (Å²) in [6, 6.07) is 3.37. The molecule has 0 heterocycles. The normalized spacial score (nSPS) is 14.9. The lowest BCUT2D eigenvalue weighted by atomic mass is 10.1. The van der Waals surface area contributed by atoms with Crippen LogP contribution in [-0.2, 0) is 6.18 Å². The minimum Gasteiger partial charge on any atom is -0.186 e. The lowest BCUT2D eigenvalue weighted by molar-refractivity contribution is -0.137. The highest BCUT2D eigenvalue weighted by atomic mass is 35.5. The predicted molar refractivity (Wildman–Crippen MR) is 50.8 cm³/mol. The van der Waals surface area contributed by atoms with Crippen molar-refractivity contribution >= 4 is 23.2 Å². The molecule has 0 N–H and O–H groups in total. The third kappa shape index (κ3) is 3.22. The highest BCUT2D eigenvalue weighted by Gasteiger charge is 2.38. The third-order valence-corrected chi connectivity index (χ3v) is 2.65. The van der Waals surface area contributed by atoms with Gasteiger partial charge in [-0.25, -0.2) is 0 Å². The molecule has 0 radical (unpaired) electrons. The topological polar surface area (TPSA) is 0 Å². The van der Waals surface area contributed by atoms with Gasteiger partial charge in [0.25, 0.3) is 0 Å². The molecular weight excluding hydrogens is 274 g/mol. The van der Waals surface area contributed by atoms with Gasteiger partial charge in [0.1, 0.15) is 5.38 Å². The first-order valence-electron chi connectivity index (χ1n) is 4.00. The molecule has 0 nitrogen and oxygen atoms in total. The van der Waals surface area contributed by atoms with Gasteiger partial charge in [-0.2, -0.15) is 22.0 Å². The van der Waals surface area contributed by atoms with Crippen LogP contribution < -0.4 is 0 Å². The first-order chi connectivity index (χ1) is 7.12. The van der Waals surface area contributed by atoms with E-state index in [4.69, 9.17) is 11.6 Å². The van der Waals surface area contributed by atoms with Gasteiger partial charge in [-0.3, -0.25) is 0 Å². The maximum Gasteiger partial charge on any atom is 0.416 e. The van der Waals surface area contributed by atoms with Crippen molar-refractivity contribution in [2.45, 2.75) is 16.9 Å². The van der Waals surface area contributed by atoms with Crippen LogP contribution in [-0.4, -0.2) is 5.38 Å². The second-order valence-corrected chi connectivity index (χ2v) is 3.97. The highest BCUT2D eigenvalue weighted by molar-refractivity contribution is 6.30. The van der Waals surface area contributed by atoms with E-state index in [-0.39, 0.29) is 5.56 Å². The van der Waals surface area contributed by atoms with E-state index < -0.39 is 22.5 Å². The molecule has 7 heteroatoms. The summed E-state index contributed by atoms with van der Waals surface area (Å²) in [5.74, 6) is 0. The van der Waals surface area contributed by atoms with Gasteiger partial charge >= 0.3 is 11.6 Å². The number of rotatable bonds is 2. The molecule has 0 bridgehead atoms. The number of hydrogen-bond acceptors (Lipinski definition) is 0. The van der Waals surface area contributed by atoms with Crippen molar-refractivity contribution in [3.8, 4) is 0 Å². The highest BCUT2D eigenvalue weighted by Crippen LogP contribution is 2.41. The van der Waals surface area contributed by atoms with E-state index in [1.54, 1.807) is 0 Å². The zero-order valence-corrected chi connectivity index (χ0v) is 9.04. The average molecular weight is 279 g/mol. The van der Waals surface area contributed by atoms with Gasteiger partial charge in [0, 0.05) is 0 Å². The van der Waals surface area contributed by atoms with Crippen LogP contribution in [0.5, 0.6) is 0 Å². The fourth-order valence-electron chi connectivity index (χ4n) is 1.06. The SMILES string of the molecule is FC(F)(F)c1cccc(C(Cl)C(F)(F)Cl)c1. The first kappa shape index (κ1) is 13.5. The minimum atomic E-state index is -4.60. The van der Waals surface area contributed by atoms with Crippen molar-refractivity contribution in [1.82, 2.24) is 0 Å². The Bertz CT molecular complexity index is 369. The molecular formula is C9H5Cl2F5. The van der Waals surface area contributed by atoms with E-state index in [1.807, 2.05) is 0 Å². The van der Waals surface area contributed by atoms with Crippen molar-refractivity contribution in [3.63, 3.8) is 0 Å². The molecule has 0 aromatic heterocycles. The molecule has 0 aliphatic heterocycles. The Morgan fingerprint density at radius 3 is 2.06 bits per heavy atom. The van der Waals surface area contributed by atoms with Crippen LogP contribution in [0.1, 0.15) is 16.5 Å². The van der Waals surface area contributed by atoms with E-state index in [9.17, 15) is 22.0 Å². The Labute approximate surface area is 98.0 Å². The minimum absolute atomic E-state index is 0.378. The molecule has 1 aromatic rings. The van der Waals surface area contributed by atoms with Gasteiger partial charge in [-0.05, 0) is 23.2 Å². The predicted octanol–water partition coefficient (Wildman–Crippen LogP) is 4.82. The second-order valence-electron chi connectivity index (χ2n) is 3.03. The standard InChI is InChI=1S/C9H5Cl2F5/c10-7(8(11,12)13)5-2-1-3-6(4-5)9(14,15)16/h1-4,7H. The van der Waals surface area contributed by atoms with Crippen LogP contribution in [0.4, 0.5) is 22.0 Å². The van der Waals surface area contributed by atoms with Crippen molar-refractivity contribution in [1.29, 1.82) is 0 Å². The van der Waals surface area contributed by atoms with Gasteiger partial charge in [0.05, 0.1) is 5.56 Å². The summed E-state index contributed by atoms with van der Waals surface area (Å²) in [6.07, 6.45) is -4.60. The lowest BCUT2D eigenvalue weighted by Gasteiger charge is -2.16. The van der Waals surface area contributed by atoms with Crippen LogP contribution >= 0.6 is 23.2 Å². The zero-order valence-electron chi connectivity index (χ0n) is 7.53. The lowest BCUT2D eigenvalue weighted by Crippen LogP contribution is -2.15. The summed E-state index contributed by atoms with van der Waals surface area (Å²) in [4.78, 5) is 0. The molecule has 90 valence electrons. The molecule has 0 spiro atoms. The maximum absolute atomic E-state index is 12.6. The summed E-state index contributed by atoms with van der Waals surface area (Å²) in [5.41, 5.74) is -1.42. The average Bonchev–Trinajstić information content (AvgIpc) is 2.14. The van der Waals surface area contributed by atoms with Gasteiger partial charge in [0.2, 0.25) is 0 Å². The van der Waals surface area contributed by atoms with Gasteiger partial charge < -0.3 is 0 Å². The Morgan fingerprint density at radius 1 is 1.06 bits per heavy atom. The van der Waals surface area contributed by atoms with E-state index in [0.717, 1.165) is 18.2 Å². The van der Waals surface area contributed by atoms with E-state index in [2.05, 4.69) is 11.6 Å². The van der Waals surface area contributed by atoms with Gasteiger partial charge in [0.15, 0.2) is 0 Å². The number of halogens is 7. The molecule has 1 atom stereocenters. The van der Waals surface area contributed by atoms with E-state index in [1.165, 1.54) is 0 Å².